The molecule has 0 aliphatic heterocycles. The first kappa shape index (κ1) is 10.4. The average Bonchev–Trinajstić information content (AvgIpc) is 2.15. The van der Waals surface area contributed by atoms with Crippen molar-refractivity contribution in [2.45, 2.75) is 0 Å². The second kappa shape index (κ2) is 5.17. The van der Waals surface area contributed by atoms with Crippen LogP contribution >= 0.6 is 23.6 Å². The van der Waals surface area contributed by atoms with Gasteiger partial charge < -0.3 is 9.47 Å². The van der Waals surface area contributed by atoms with Gasteiger partial charge in [0.25, 0.3) is 0 Å². The van der Waals surface area contributed by atoms with Gasteiger partial charge in [-0.05, 0) is 12.1 Å². The smallest absolute Gasteiger partial charge is 0.188 e. The lowest BCUT2D eigenvalue weighted by molar-refractivity contribution is 0.0512. The Hall–Kier alpha value is -0.640. The molecular formula is C8H9Cl2NO2. The van der Waals surface area contributed by atoms with E-state index in [9.17, 15) is 0 Å². The normalized spacial score (nSPS) is 9.77. The average molecular weight is 222 g/mol. The number of methoxy groups -OCH3 is 1. The number of nitrogens with zero attached hydrogens (tertiary/aromatic N) is 1. The predicted molar refractivity (Wildman–Crippen MR) is 53.1 cm³/mol. The highest BCUT2D eigenvalue weighted by Gasteiger charge is 2.00. The highest BCUT2D eigenvalue weighted by molar-refractivity contribution is 6.49. The second-order valence-electron chi connectivity index (χ2n) is 2.28. The first-order valence-corrected chi connectivity index (χ1v) is 4.25. The van der Waals surface area contributed by atoms with E-state index in [0.717, 1.165) is 3.94 Å². The lowest BCUT2D eigenvalue weighted by Gasteiger charge is -2.08. The molecule has 1 rings (SSSR count). The molecule has 0 unspecified atom stereocenters. The molecule has 0 saturated heterocycles. The van der Waals surface area contributed by atoms with Crippen molar-refractivity contribution in [3.05, 3.63) is 24.3 Å². The molecule has 0 atom stereocenters. The van der Waals surface area contributed by atoms with E-state index in [2.05, 4.69) is 0 Å². The highest BCUT2D eigenvalue weighted by atomic mass is 35.5. The summed E-state index contributed by atoms with van der Waals surface area (Å²) in [5.41, 5.74) is 0.650. The number of halogens is 2. The number of hydrogen-bond donors (Lipinski definition) is 0. The Kier molecular flexibility index (Phi) is 4.15. The Morgan fingerprint density at radius 3 is 2.77 bits per heavy atom. The van der Waals surface area contributed by atoms with Gasteiger partial charge >= 0.3 is 0 Å². The topological polar surface area (TPSA) is 21.7 Å². The summed E-state index contributed by atoms with van der Waals surface area (Å²) in [6, 6.07) is 7.05. The maximum Gasteiger partial charge on any atom is 0.188 e. The van der Waals surface area contributed by atoms with Crippen LogP contribution in [0.1, 0.15) is 0 Å². The van der Waals surface area contributed by atoms with Crippen LogP contribution in [0.2, 0.25) is 0 Å². The summed E-state index contributed by atoms with van der Waals surface area (Å²) >= 11 is 11.0. The number of hydrogen-bond acceptors (Lipinski definition) is 3. The Morgan fingerprint density at radius 1 is 1.38 bits per heavy atom. The summed E-state index contributed by atoms with van der Waals surface area (Å²) in [6.45, 7) is 0.202. The number of ether oxygens (including phenoxy) is 2. The third kappa shape index (κ3) is 3.30. The first-order chi connectivity index (χ1) is 6.24. The monoisotopic (exact) mass is 221 g/mol. The highest BCUT2D eigenvalue weighted by Crippen LogP contribution is 2.23. The Labute approximate surface area is 87.0 Å². The van der Waals surface area contributed by atoms with E-state index in [-0.39, 0.29) is 6.79 Å². The van der Waals surface area contributed by atoms with Crippen LogP contribution in [-0.2, 0) is 4.74 Å². The van der Waals surface area contributed by atoms with E-state index in [4.69, 9.17) is 33.0 Å². The molecule has 0 fully saturated rings. The molecule has 0 saturated carbocycles. The van der Waals surface area contributed by atoms with Crippen molar-refractivity contribution < 1.29 is 9.47 Å². The molecule has 0 N–H and O–H groups in total. The zero-order valence-electron chi connectivity index (χ0n) is 7.04. The van der Waals surface area contributed by atoms with Crippen molar-refractivity contribution >= 4 is 29.2 Å². The van der Waals surface area contributed by atoms with Gasteiger partial charge in [0, 0.05) is 36.7 Å². The Bertz CT molecular complexity index is 268. The van der Waals surface area contributed by atoms with E-state index < -0.39 is 0 Å². The fourth-order valence-electron chi connectivity index (χ4n) is 0.805. The molecule has 1 aromatic rings. The zero-order chi connectivity index (χ0) is 9.68. The summed E-state index contributed by atoms with van der Waals surface area (Å²) in [6.07, 6.45) is 0. The van der Waals surface area contributed by atoms with Crippen LogP contribution in [0.3, 0.4) is 0 Å². The van der Waals surface area contributed by atoms with Gasteiger partial charge in [0.2, 0.25) is 0 Å². The third-order valence-electron chi connectivity index (χ3n) is 1.36. The van der Waals surface area contributed by atoms with Crippen molar-refractivity contribution in [1.29, 1.82) is 0 Å². The summed E-state index contributed by atoms with van der Waals surface area (Å²) in [5.74, 6) is 0.658. The number of rotatable bonds is 4. The minimum Gasteiger partial charge on any atom is -0.467 e. The van der Waals surface area contributed by atoms with Gasteiger partial charge in [0.15, 0.2) is 6.79 Å². The first-order valence-electron chi connectivity index (χ1n) is 3.57. The van der Waals surface area contributed by atoms with Crippen molar-refractivity contribution in [1.82, 2.24) is 0 Å². The minimum absolute atomic E-state index is 0.202. The molecule has 0 spiro atoms. The molecule has 3 nitrogen and oxygen atoms in total. The SMILES string of the molecule is COCOc1cccc(N(Cl)Cl)c1. The molecule has 0 heterocycles. The molecule has 0 aliphatic rings. The van der Waals surface area contributed by atoms with Gasteiger partial charge in [-0.1, -0.05) is 6.07 Å². The maximum atomic E-state index is 5.52. The Morgan fingerprint density at radius 2 is 2.15 bits per heavy atom. The van der Waals surface area contributed by atoms with E-state index in [1.807, 2.05) is 0 Å². The molecule has 0 radical (unpaired) electrons. The Balaban J connectivity index is 2.68. The molecule has 0 amide bonds. The predicted octanol–water partition coefficient (Wildman–Crippen LogP) is 2.78. The van der Waals surface area contributed by atoms with Crippen LogP contribution in [0.4, 0.5) is 5.69 Å². The summed E-state index contributed by atoms with van der Waals surface area (Å²) in [7, 11) is 1.55. The van der Waals surface area contributed by atoms with Crippen LogP contribution in [0, 0.1) is 0 Å². The van der Waals surface area contributed by atoms with Gasteiger partial charge in [-0.15, -0.1) is 0 Å². The van der Waals surface area contributed by atoms with Crippen LogP contribution < -0.4 is 8.67 Å². The molecule has 1 aromatic carbocycles. The molecule has 13 heavy (non-hydrogen) atoms. The number of benzene rings is 1. The van der Waals surface area contributed by atoms with Gasteiger partial charge in [0.1, 0.15) is 5.75 Å². The van der Waals surface area contributed by atoms with Crippen molar-refractivity contribution in [3.8, 4) is 5.75 Å². The lowest BCUT2D eigenvalue weighted by Crippen LogP contribution is -1.99. The summed E-state index contributed by atoms with van der Waals surface area (Å²) in [5, 5.41) is 0. The van der Waals surface area contributed by atoms with E-state index in [1.54, 1.807) is 31.4 Å². The maximum absolute atomic E-state index is 5.52. The fraction of sp³-hybridized carbons (Fsp3) is 0.250. The largest absolute Gasteiger partial charge is 0.467 e. The third-order valence-corrected chi connectivity index (χ3v) is 1.75. The molecular weight excluding hydrogens is 213 g/mol. The van der Waals surface area contributed by atoms with Gasteiger partial charge in [-0.2, -0.15) is 3.94 Å². The quantitative estimate of drug-likeness (QED) is 0.577. The van der Waals surface area contributed by atoms with Crippen LogP contribution in [0.25, 0.3) is 0 Å². The van der Waals surface area contributed by atoms with Gasteiger partial charge in [0.05, 0.1) is 5.69 Å². The van der Waals surface area contributed by atoms with E-state index in [1.165, 1.54) is 0 Å². The number of anilines is 1. The molecule has 0 bridgehead atoms. The van der Waals surface area contributed by atoms with Crippen LogP contribution in [-0.4, -0.2) is 13.9 Å². The van der Waals surface area contributed by atoms with Crippen molar-refractivity contribution in [2.24, 2.45) is 0 Å². The zero-order valence-corrected chi connectivity index (χ0v) is 8.55. The van der Waals surface area contributed by atoms with Gasteiger partial charge in [-0.3, -0.25) is 0 Å². The summed E-state index contributed by atoms with van der Waals surface area (Å²) in [4.78, 5) is 0. The van der Waals surface area contributed by atoms with Crippen LogP contribution in [0.15, 0.2) is 24.3 Å². The standard InChI is InChI=1S/C8H9Cl2NO2/c1-12-6-13-8-4-2-3-7(5-8)11(9)10/h2-5H,6H2,1H3. The molecule has 0 aliphatic carbocycles. The lowest BCUT2D eigenvalue weighted by atomic mass is 10.3. The van der Waals surface area contributed by atoms with Crippen molar-refractivity contribution in [3.63, 3.8) is 0 Å². The van der Waals surface area contributed by atoms with E-state index in [0.29, 0.717) is 11.4 Å². The van der Waals surface area contributed by atoms with Gasteiger partial charge in [-0.25, -0.2) is 0 Å². The fourth-order valence-corrected chi connectivity index (χ4v) is 1.02. The molecule has 72 valence electrons. The molecule has 0 aromatic heterocycles. The van der Waals surface area contributed by atoms with Crippen LogP contribution in [0.5, 0.6) is 5.75 Å². The minimum atomic E-state index is 0.202. The second-order valence-corrected chi connectivity index (χ2v) is 3.13. The molecule has 5 heteroatoms. The summed E-state index contributed by atoms with van der Waals surface area (Å²) < 4.78 is 10.9. The van der Waals surface area contributed by atoms with E-state index >= 15 is 0 Å². The van der Waals surface area contributed by atoms with Crippen molar-refractivity contribution in [2.75, 3.05) is 17.8 Å².